The number of hydrogen-bond donors (Lipinski definition) is 1. The molecule has 0 heterocycles. The van der Waals surface area contributed by atoms with Crippen molar-refractivity contribution in [2.75, 3.05) is 12.4 Å². The highest BCUT2D eigenvalue weighted by Gasteiger charge is 2.11. The SMILES string of the molecule is COc1c(C)ccc(NC(C)c2ccc(I)cc2)c1C. The first kappa shape index (κ1) is 15.2. The predicted molar refractivity (Wildman–Crippen MR) is 93.7 cm³/mol. The Morgan fingerprint density at radius 3 is 2.30 bits per heavy atom. The van der Waals surface area contributed by atoms with Crippen LogP contribution in [-0.4, -0.2) is 7.11 Å². The number of rotatable bonds is 4. The minimum absolute atomic E-state index is 0.262. The summed E-state index contributed by atoms with van der Waals surface area (Å²) < 4.78 is 6.73. The van der Waals surface area contributed by atoms with Gasteiger partial charge in [0.1, 0.15) is 5.75 Å². The molecule has 2 aromatic carbocycles. The van der Waals surface area contributed by atoms with Crippen molar-refractivity contribution in [2.45, 2.75) is 26.8 Å². The third kappa shape index (κ3) is 3.26. The van der Waals surface area contributed by atoms with Crippen LogP contribution in [0.25, 0.3) is 0 Å². The van der Waals surface area contributed by atoms with Gasteiger partial charge in [-0.1, -0.05) is 18.2 Å². The first-order chi connectivity index (χ1) is 9.52. The van der Waals surface area contributed by atoms with Crippen LogP contribution in [0.15, 0.2) is 36.4 Å². The van der Waals surface area contributed by atoms with Gasteiger partial charge in [-0.15, -0.1) is 0 Å². The molecule has 0 spiro atoms. The number of methoxy groups -OCH3 is 1. The van der Waals surface area contributed by atoms with Crippen molar-refractivity contribution in [1.82, 2.24) is 0 Å². The number of hydrogen-bond acceptors (Lipinski definition) is 2. The first-order valence-electron chi connectivity index (χ1n) is 6.69. The lowest BCUT2D eigenvalue weighted by molar-refractivity contribution is 0.409. The molecule has 0 aliphatic heterocycles. The van der Waals surface area contributed by atoms with E-state index in [0.29, 0.717) is 0 Å². The molecule has 20 heavy (non-hydrogen) atoms. The van der Waals surface area contributed by atoms with Gasteiger partial charge in [-0.05, 0) is 72.7 Å². The van der Waals surface area contributed by atoms with E-state index in [0.717, 1.165) is 22.6 Å². The number of ether oxygens (including phenoxy) is 1. The Balaban J connectivity index is 2.23. The standard InChI is InChI=1S/C17H20INO/c1-11-5-10-16(12(2)17(11)20-4)19-13(3)14-6-8-15(18)9-7-14/h5-10,13,19H,1-4H3. The number of nitrogens with one attached hydrogen (secondary N) is 1. The van der Waals surface area contributed by atoms with E-state index in [1.54, 1.807) is 7.11 Å². The van der Waals surface area contributed by atoms with Gasteiger partial charge in [0.2, 0.25) is 0 Å². The summed E-state index contributed by atoms with van der Waals surface area (Å²) in [6, 6.07) is 13.1. The van der Waals surface area contributed by atoms with Gasteiger partial charge in [-0.25, -0.2) is 0 Å². The average molecular weight is 381 g/mol. The maximum Gasteiger partial charge on any atom is 0.126 e. The Morgan fingerprint density at radius 1 is 1.05 bits per heavy atom. The number of benzene rings is 2. The molecule has 0 saturated carbocycles. The molecule has 2 rings (SSSR count). The lowest BCUT2D eigenvalue weighted by Gasteiger charge is -2.20. The molecule has 0 fully saturated rings. The molecule has 106 valence electrons. The van der Waals surface area contributed by atoms with Crippen molar-refractivity contribution in [3.63, 3.8) is 0 Å². The van der Waals surface area contributed by atoms with E-state index in [4.69, 9.17) is 4.74 Å². The quantitative estimate of drug-likeness (QED) is 0.745. The Labute approximate surface area is 134 Å². The lowest BCUT2D eigenvalue weighted by Crippen LogP contribution is -2.08. The maximum atomic E-state index is 5.48. The highest BCUT2D eigenvalue weighted by Crippen LogP contribution is 2.31. The molecule has 1 unspecified atom stereocenters. The van der Waals surface area contributed by atoms with Crippen molar-refractivity contribution in [2.24, 2.45) is 0 Å². The molecule has 3 heteroatoms. The molecule has 2 nitrogen and oxygen atoms in total. The fourth-order valence-corrected chi connectivity index (χ4v) is 2.73. The summed E-state index contributed by atoms with van der Waals surface area (Å²) in [5.41, 5.74) is 4.73. The largest absolute Gasteiger partial charge is 0.496 e. The van der Waals surface area contributed by atoms with Crippen molar-refractivity contribution in [1.29, 1.82) is 0 Å². The molecule has 0 radical (unpaired) electrons. The Kier molecular flexibility index (Phi) is 4.91. The van der Waals surface area contributed by atoms with E-state index in [1.165, 1.54) is 9.13 Å². The normalized spacial score (nSPS) is 12.1. The van der Waals surface area contributed by atoms with Crippen LogP contribution in [0.1, 0.15) is 29.7 Å². The third-order valence-corrected chi connectivity index (χ3v) is 4.27. The van der Waals surface area contributed by atoms with Gasteiger partial charge in [0.15, 0.2) is 0 Å². The van der Waals surface area contributed by atoms with Crippen LogP contribution < -0.4 is 10.1 Å². The fourth-order valence-electron chi connectivity index (χ4n) is 2.37. The summed E-state index contributed by atoms with van der Waals surface area (Å²) in [5, 5.41) is 3.57. The second-order valence-electron chi connectivity index (χ2n) is 5.01. The van der Waals surface area contributed by atoms with Crippen LogP contribution in [0.2, 0.25) is 0 Å². The second-order valence-corrected chi connectivity index (χ2v) is 6.25. The summed E-state index contributed by atoms with van der Waals surface area (Å²) in [4.78, 5) is 0. The van der Waals surface area contributed by atoms with Crippen LogP contribution in [0.4, 0.5) is 5.69 Å². The van der Waals surface area contributed by atoms with Crippen molar-refractivity contribution < 1.29 is 4.74 Å². The molecule has 0 amide bonds. The van der Waals surface area contributed by atoms with Gasteiger partial charge < -0.3 is 10.1 Å². The second kappa shape index (κ2) is 6.48. The summed E-state index contributed by atoms with van der Waals surface area (Å²) in [5.74, 6) is 0.963. The van der Waals surface area contributed by atoms with E-state index in [-0.39, 0.29) is 6.04 Å². The zero-order chi connectivity index (χ0) is 14.7. The Hall–Kier alpha value is -1.23. The van der Waals surface area contributed by atoms with Crippen LogP contribution in [0.5, 0.6) is 5.75 Å². The van der Waals surface area contributed by atoms with E-state index in [2.05, 4.69) is 85.1 Å². The van der Waals surface area contributed by atoms with Crippen LogP contribution in [0.3, 0.4) is 0 Å². The summed E-state index contributed by atoms with van der Waals surface area (Å²) in [7, 11) is 1.72. The van der Waals surface area contributed by atoms with E-state index in [1.807, 2.05) is 0 Å². The Bertz CT molecular complexity index is 593. The van der Waals surface area contributed by atoms with Crippen molar-refractivity contribution in [3.05, 3.63) is 56.7 Å². The molecular weight excluding hydrogens is 361 g/mol. The summed E-state index contributed by atoms with van der Waals surface area (Å²) >= 11 is 2.32. The van der Waals surface area contributed by atoms with Crippen LogP contribution in [-0.2, 0) is 0 Å². The third-order valence-electron chi connectivity index (χ3n) is 3.55. The van der Waals surface area contributed by atoms with Crippen molar-refractivity contribution in [3.8, 4) is 5.75 Å². The average Bonchev–Trinajstić information content (AvgIpc) is 2.43. The molecule has 2 aromatic rings. The monoisotopic (exact) mass is 381 g/mol. The topological polar surface area (TPSA) is 21.3 Å². The van der Waals surface area contributed by atoms with Gasteiger partial charge in [0.25, 0.3) is 0 Å². The molecule has 0 aliphatic carbocycles. The summed E-state index contributed by atoms with van der Waals surface area (Å²) in [6.07, 6.45) is 0. The number of anilines is 1. The molecule has 0 saturated heterocycles. The molecular formula is C17H20INO. The molecule has 1 N–H and O–H groups in total. The zero-order valence-corrected chi connectivity index (χ0v) is 14.5. The van der Waals surface area contributed by atoms with Gasteiger partial charge in [0, 0.05) is 20.9 Å². The minimum Gasteiger partial charge on any atom is -0.496 e. The Morgan fingerprint density at radius 2 is 1.70 bits per heavy atom. The van der Waals surface area contributed by atoms with Crippen LogP contribution in [0, 0.1) is 17.4 Å². The zero-order valence-electron chi connectivity index (χ0n) is 12.3. The maximum absolute atomic E-state index is 5.48. The number of halogens is 1. The molecule has 1 atom stereocenters. The molecule has 0 bridgehead atoms. The smallest absolute Gasteiger partial charge is 0.126 e. The number of aryl methyl sites for hydroxylation is 1. The molecule has 0 aliphatic rings. The van der Waals surface area contributed by atoms with E-state index in [9.17, 15) is 0 Å². The van der Waals surface area contributed by atoms with Gasteiger partial charge in [-0.2, -0.15) is 0 Å². The lowest BCUT2D eigenvalue weighted by atomic mass is 10.1. The van der Waals surface area contributed by atoms with E-state index < -0.39 is 0 Å². The van der Waals surface area contributed by atoms with Crippen LogP contribution >= 0.6 is 22.6 Å². The van der Waals surface area contributed by atoms with Gasteiger partial charge in [-0.3, -0.25) is 0 Å². The first-order valence-corrected chi connectivity index (χ1v) is 7.77. The highest BCUT2D eigenvalue weighted by atomic mass is 127. The van der Waals surface area contributed by atoms with E-state index >= 15 is 0 Å². The fraction of sp³-hybridized carbons (Fsp3) is 0.294. The minimum atomic E-state index is 0.262. The van der Waals surface area contributed by atoms with Gasteiger partial charge in [0.05, 0.1) is 7.11 Å². The predicted octanol–water partition coefficient (Wildman–Crippen LogP) is 5.09. The highest BCUT2D eigenvalue weighted by molar-refractivity contribution is 14.1. The molecule has 0 aromatic heterocycles. The van der Waals surface area contributed by atoms with Gasteiger partial charge >= 0.3 is 0 Å². The summed E-state index contributed by atoms with van der Waals surface area (Å²) in [6.45, 7) is 6.33. The van der Waals surface area contributed by atoms with Crippen molar-refractivity contribution >= 4 is 28.3 Å².